The Morgan fingerprint density at radius 2 is 2.16 bits per heavy atom. The molecule has 104 valence electrons. The number of piperidine rings is 1. The van der Waals surface area contributed by atoms with Gasteiger partial charge in [0.1, 0.15) is 5.82 Å². The Labute approximate surface area is 114 Å². The van der Waals surface area contributed by atoms with Crippen molar-refractivity contribution in [2.24, 2.45) is 16.8 Å². The minimum absolute atomic E-state index is 0.129. The highest BCUT2D eigenvalue weighted by atomic mass is 16.4. The summed E-state index contributed by atoms with van der Waals surface area (Å²) < 4.78 is 0. The maximum absolute atomic E-state index is 8.80. The van der Waals surface area contributed by atoms with Crippen LogP contribution in [0.1, 0.15) is 37.9 Å². The lowest BCUT2D eigenvalue weighted by Crippen LogP contribution is -2.41. The molecule has 1 aliphatic heterocycles. The summed E-state index contributed by atoms with van der Waals surface area (Å²) in [5.41, 5.74) is 7.27. The highest BCUT2D eigenvalue weighted by Crippen LogP contribution is 2.27. The maximum Gasteiger partial charge on any atom is 0.170 e. The Bertz CT molecular complexity index is 486. The topological polar surface area (TPSA) is 74.7 Å². The molecule has 19 heavy (non-hydrogen) atoms. The van der Waals surface area contributed by atoms with Crippen molar-refractivity contribution in [1.82, 2.24) is 4.98 Å². The van der Waals surface area contributed by atoms with E-state index < -0.39 is 0 Å². The van der Waals surface area contributed by atoms with Crippen molar-refractivity contribution in [2.75, 3.05) is 11.4 Å². The lowest BCUT2D eigenvalue weighted by atomic mass is 9.95. The predicted molar refractivity (Wildman–Crippen MR) is 76.7 cm³/mol. The fourth-order valence-electron chi connectivity index (χ4n) is 2.61. The zero-order chi connectivity index (χ0) is 14.0. The first-order valence-corrected chi connectivity index (χ1v) is 6.74. The van der Waals surface area contributed by atoms with Crippen LogP contribution in [0.2, 0.25) is 0 Å². The lowest BCUT2D eigenvalue weighted by molar-refractivity contribution is 0.318. The quantitative estimate of drug-likeness (QED) is 0.370. The minimum atomic E-state index is 0.129. The smallest absolute Gasteiger partial charge is 0.170 e. The minimum Gasteiger partial charge on any atom is -0.409 e. The monoisotopic (exact) mass is 262 g/mol. The van der Waals surface area contributed by atoms with Gasteiger partial charge in [0.25, 0.3) is 0 Å². The van der Waals surface area contributed by atoms with Gasteiger partial charge in [0.2, 0.25) is 0 Å². The molecule has 1 fully saturated rings. The van der Waals surface area contributed by atoms with Crippen LogP contribution in [0.15, 0.2) is 17.3 Å². The SMILES string of the molecule is Cc1cc(/C(N)=N/O)cc(N2CC(C)CCC2C)n1. The largest absolute Gasteiger partial charge is 0.409 e. The summed E-state index contributed by atoms with van der Waals surface area (Å²) in [5.74, 6) is 1.72. The van der Waals surface area contributed by atoms with Crippen LogP contribution >= 0.6 is 0 Å². The van der Waals surface area contributed by atoms with E-state index in [4.69, 9.17) is 10.9 Å². The standard InChI is InChI=1S/C14H22N4O/c1-9-4-5-11(3)18(8-9)13-7-12(14(15)17-19)6-10(2)16-13/h6-7,9,11,19H,4-5,8H2,1-3H3,(H2,15,17). The highest BCUT2D eigenvalue weighted by molar-refractivity contribution is 5.97. The van der Waals surface area contributed by atoms with Gasteiger partial charge in [-0.25, -0.2) is 4.98 Å². The molecule has 0 aliphatic carbocycles. The van der Waals surface area contributed by atoms with E-state index in [1.54, 1.807) is 0 Å². The summed E-state index contributed by atoms with van der Waals surface area (Å²) in [4.78, 5) is 6.91. The van der Waals surface area contributed by atoms with Crippen LogP contribution in [0.5, 0.6) is 0 Å². The molecule has 2 atom stereocenters. The fourth-order valence-corrected chi connectivity index (χ4v) is 2.61. The Morgan fingerprint density at radius 1 is 1.42 bits per heavy atom. The molecule has 2 rings (SSSR count). The van der Waals surface area contributed by atoms with Gasteiger partial charge in [-0.05, 0) is 44.7 Å². The summed E-state index contributed by atoms with van der Waals surface area (Å²) in [6, 6.07) is 4.21. The van der Waals surface area contributed by atoms with Crippen molar-refractivity contribution in [3.63, 3.8) is 0 Å². The molecule has 2 heterocycles. The molecule has 0 radical (unpaired) electrons. The Morgan fingerprint density at radius 3 is 2.84 bits per heavy atom. The molecule has 0 spiro atoms. The number of anilines is 1. The van der Waals surface area contributed by atoms with Gasteiger partial charge in [-0.2, -0.15) is 0 Å². The number of nitrogens with zero attached hydrogens (tertiary/aromatic N) is 3. The molecule has 1 aliphatic rings. The van der Waals surface area contributed by atoms with E-state index in [0.29, 0.717) is 12.0 Å². The average Bonchev–Trinajstić information content (AvgIpc) is 2.39. The normalized spacial score (nSPS) is 24.6. The molecular weight excluding hydrogens is 240 g/mol. The molecule has 2 unspecified atom stereocenters. The van der Waals surface area contributed by atoms with Gasteiger partial charge < -0.3 is 15.8 Å². The summed E-state index contributed by atoms with van der Waals surface area (Å²) in [6.45, 7) is 7.42. The molecular formula is C14H22N4O. The summed E-state index contributed by atoms with van der Waals surface area (Å²) >= 11 is 0. The van der Waals surface area contributed by atoms with E-state index in [1.165, 1.54) is 12.8 Å². The summed E-state index contributed by atoms with van der Waals surface area (Å²) in [7, 11) is 0. The van der Waals surface area contributed by atoms with Crippen LogP contribution in [0.4, 0.5) is 5.82 Å². The van der Waals surface area contributed by atoms with Crippen molar-refractivity contribution in [3.8, 4) is 0 Å². The van der Waals surface area contributed by atoms with E-state index >= 15 is 0 Å². The van der Waals surface area contributed by atoms with Gasteiger partial charge in [0.15, 0.2) is 5.84 Å². The third-order valence-corrected chi connectivity index (χ3v) is 3.76. The fraction of sp³-hybridized carbons (Fsp3) is 0.571. The van der Waals surface area contributed by atoms with Gasteiger partial charge in [-0.15, -0.1) is 0 Å². The van der Waals surface area contributed by atoms with Crippen LogP contribution < -0.4 is 10.6 Å². The summed E-state index contributed by atoms with van der Waals surface area (Å²) in [5, 5.41) is 11.9. The molecule has 0 aromatic carbocycles. The first-order valence-electron chi connectivity index (χ1n) is 6.74. The third-order valence-electron chi connectivity index (χ3n) is 3.76. The molecule has 0 bridgehead atoms. The van der Waals surface area contributed by atoms with Gasteiger partial charge in [-0.3, -0.25) is 0 Å². The number of aryl methyl sites for hydroxylation is 1. The van der Waals surface area contributed by atoms with Crippen LogP contribution in [0, 0.1) is 12.8 Å². The van der Waals surface area contributed by atoms with Gasteiger partial charge in [-0.1, -0.05) is 12.1 Å². The number of aromatic nitrogens is 1. The van der Waals surface area contributed by atoms with Gasteiger partial charge >= 0.3 is 0 Å². The van der Waals surface area contributed by atoms with Crippen LogP contribution in [0.25, 0.3) is 0 Å². The zero-order valence-electron chi connectivity index (χ0n) is 11.8. The van der Waals surface area contributed by atoms with Gasteiger partial charge in [0.05, 0.1) is 0 Å². The third kappa shape index (κ3) is 2.97. The number of hydrogen-bond donors (Lipinski definition) is 2. The van der Waals surface area contributed by atoms with E-state index in [1.807, 2.05) is 19.1 Å². The van der Waals surface area contributed by atoms with E-state index in [9.17, 15) is 0 Å². The van der Waals surface area contributed by atoms with E-state index in [-0.39, 0.29) is 5.84 Å². The van der Waals surface area contributed by atoms with Crippen molar-refractivity contribution >= 4 is 11.7 Å². The number of rotatable bonds is 2. The molecule has 0 saturated carbocycles. The Kier molecular flexibility index (Phi) is 3.93. The maximum atomic E-state index is 8.80. The molecule has 5 nitrogen and oxygen atoms in total. The summed E-state index contributed by atoms with van der Waals surface area (Å²) in [6.07, 6.45) is 2.44. The molecule has 5 heteroatoms. The highest BCUT2D eigenvalue weighted by Gasteiger charge is 2.24. The Hall–Kier alpha value is -1.78. The zero-order valence-corrected chi connectivity index (χ0v) is 11.8. The van der Waals surface area contributed by atoms with Crippen molar-refractivity contribution in [1.29, 1.82) is 0 Å². The van der Waals surface area contributed by atoms with Crippen molar-refractivity contribution < 1.29 is 5.21 Å². The van der Waals surface area contributed by atoms with Crippen LogP contribution in [-0.2, 0) is 0 Å². The van der Waals surface area contributed by atoms with E-state index in [0.717, 1.165) is 23.6 Å². The van der Waals surface area contributed by atoms with E-state index in [2.05, 4.69) is 28.9 Å². The first kappa shape index (κ1) is 13.6. The number of nitrogens with two attached hydrogens (primary N) is 1. The number of pyridine rings is 1. The van der Waals surface area contributed by atoms with Crippen molar-refractivity contribution in [3.05, 3.63) is 23.4 Å². The molecule has 1 saturated heterocycles. The molecule has 1 aromatic rings. The number of amidine groups is 1. The molecule has 3 N–H and O–H groups in total. The van der Waals surface area contributed by atoms with Crippen LogP contribution in [-0.4, -0.2) is 28.6 Å². The second kappa shape index (κ2) is 5.47. The van der Waals surface area contributed by atoms with Crippen LogP contribution in [0.3, 0.4) is 0 Å². The molecule has 1 aromatic heterocycles. The second-order valence-corrected chi connectivity index (χ2v) is 5.52. The predicted octanol–water partition coefficient (Wildman–Crippen LogP) is 2.11. The van der Waals surface area contributed by atoms with Crippen molar-refractivity contribution in [2.45, 2.75) is 39.7 Å². The van der Waals surface area contributed by atoms with Gasteiger partial charge in [0, 0.05) is 23.8 Å². The second-order valence-electron chi connectivity index (χ2n) is 5.52. The number of hydrogen-bond acceptors (Lipinski definition) is 4. The average molecular weight is 262 g/mol. The Balaban J connectivity index is 2.36. The molecule has 0 amide bonds. The first-order chi connectivity index (χ1) is 9.01. The lowest BCUT2D eigenvalue weighted by Gasteiger charge is -2.38. The number of oxime groups is 1.